The van der Waals surface area contributed by atoms with E-state index in [2.05, 4.69) is 15.5 Å². The Bertz CT molecular complexity index is 838. The minimum Gasteiger partial charge on any atom is -0.445 e. The Hall–Kier alpha value is -2.39. The summed E-state index contributed by atoms with van der Waals surface area (Å²) >= 11 is 0. The van der Waals surface area contributed by atoms with E-state index in [4.69, 9.17) is 4.74 Å². The number of carbonyl (C=O) groups is 1. The van der Waals surface area contributed by atoms with Crippen molar-refractivity contribution in [3.63, 3.8) is 0 Å². The van der Waals surface area contributed by atoms with Gasteiger partial charge < -0.3 is 10.1 Å². The first-order valence-electron chi connectivity index (χ1n) is 7.87. The molecule has 25 heavy (non-hydrogen) atoms. The van der Waals surface area contributed by atoms with Gasteiger partial charge in [-0.1, -0.05) is 30.3 Å². The van der Waals surface area contributed by atoms with Crippen molar-refractivity contribution in [3.05, 3.63) is 47.3 Å². The van der Waals surface area contributed by atoms with Crippen LogP contribution in [0.25, 0.3) is 0 Å². The Labute approximate surface area is 146 Å². The van der Waals surface area contributed by atoms with Gasteiger partial charge in [0.1, 0.15) is 11.5 Å². The van der Waals surface area contributed by atoms with Crippen molar-refractivity contribution in [2.75, 3.05) is 13.1 Å². The number of ether oxygens (including phenoxy) is 1. The van der Waals surface area contributed by atoms with Gasteiger partial charge in [0.2, 0.25) is 10.0 Å². The predicted octanol–water partition coefficient (Wildman–Crippen LogP) is 1.33. The van der Waals surface area contributed by atoms with E-state index >= 15 is 0 Å². The molecule has 134 valence electrons. The van der Waals surface area contributed by atoms with Crippen LogP contribution in [0.2, 0.25) is 0 Å². The quantitative estimate of drug-likeness (QED) is 0.833. The van der Waals surface area contributed by atoms with Crippen molar-refractivity contribution < 1.29 is 17.9 Å². The Morgan fingerprint density at radius 1 is 1.32 bits per heavy atom. The van der Waals surface area contributed by atoms with Gasteiger partial charge in [0.05, 0.1) is 17.4 Å². The first-order chi connectivity index (χ1) is 11.9. The molecular formula is C16H20N4O4S. The van der Waals surface area contributed by atoms with E-state index in [1.54, 1.807) is 13.8 Å². The number of nitrogens with zero attached hydrogens (tertiary/aromatic N) is 2. The molecule has 1 aliphatic rings. The van der Waals surface area contributed by atoms with Gasteiger partial charge in [-0.15, -0.1) is 0 Å². The van der Waals surface area contributed by atoms with E-state index in [0.717, 1.165) is 5.56 Å². The molecule has 0 atom stereocenters. The van der Waals surface area contributed by atoms with E-state index in [-0.39, 0.29) is 30.6 Å². The lowest BCUT2D eigenvalue weighted by atomic mass is 10.2. The summed E-state index contributed by atoms with van der Waals surface area (Å²) in [5, 5.41) is 9.27. The van der Waals surface area contributed by atoms with Crippen LogP contribution in [0.3, 0.4) is 0 Å². The topological polar surface area (TPSA) is 104 Å². The maximum absolute atomic E-state index is 12.6. The van der Waals surface area contributed by atoms with Gasteiger partial charge in [0.25, 0.3) is 0 Å². The third-order valence-electron chi connectivity index (χ3n) is 4.04. The van der Waals surface area contributed by atoms with Crippen LogP contribution in [-0.2, 0) is 21.4 Å². The van der Waals surface area contributed by atoms with E-state index < -0.39 is 16.1 Å². The van der Waals surface area contributed by atoms with Crippen molar-refractivity contribution in [2.45, 2.75) is 31.4 Å². The summed E-state index contributed by atoms with van der Waals surface area (Å²) in [6.07, 6.45) is -0.554. The summed E-state index contributed by atoms with van der Waals surface area (Å²) in [5.41, 5.74) is 1.84. The van der Waals surface area contributed by atoms with Crippen molar-refractivity contribution in [1.29, 1.82) is 0 Å². The Morgan fingerprint density at radius 2 is 2.00 bits per heavy atom. The smallest absolute Gasteiger partial charge is 0.407 e. The molecule has 3 rings (SSSR count). The van der Waals surface area contributed by atoms with Gasteiger partial charge in [-0.05, 0) is 19.4 Å². The highest BCUT2D eigenvalue weighted by Gasteiger charge is 2.39. The third-order valence-corrected chi connectivity index (χ3v) is 6.14. The summed E-state index contributed by atoms with van der Waals surface area (Å²) in [7, 11) is -3.60. The molecule has 0 unspecified atom stereocenters. The van der Waals surface area contributed by atoms with Crippen LogP contribution < -0.4 is 5.32 Å². The maximum atomic E-state index is 12.6. The van der Waals surface area contributed by atoms with Crippen molar-refractivity contribution >= 4 is 16.1 Å². The number of carbonyl (C=O) groups excluding carboxylic acids is 1. The number of alkyl carbamates (subject to hydrolysis) is 1. The number of amides is 1. The number of hydrogen-bond acceptors (Lipinski definition) is 5. The molecule has 1 amide bonds. The molecule has 0 spiro atoms. The highest BCUT2D eigenvalue weighted by molar-refractivity contribution is 7.89. The lowest BCUT2D eigenvalue weighted by Crippen LogP contribution is -2.60. The Kier molecular flexibility index (Phi) is 4.78. The fraction of sp³-hybridized carbons (Fsp3) is 0.375. The fourth-order valence-corrected chi connectivity index (χ4v) is 4.57. The number of aromatic nitrogens is 2. The van der Waals surface area contributed by atoms with Gasteiger partial charge in [0.15, 0.2) is 0 Å². The van der Waals surface area contributed by atoms with Crippen LogP contribution >= 0.6 is 0 Å². The maximum Gasteiger partial charge on any atom is 0.407 e. The molecule has 1 aromatic heterocycles. The van der Waals surface area contributed by atoms with E-state index in [0.29, 0.717) is 11.4 Å². The molecular weight excluding hydrogens is 344 g/mol. The molecule has 9 heteroatoms. The van der Waals surface area contributed by atoms with Gasteiger partial charge in [-0.25, -0.2) is 13.2 Å². The summed E-state index contributed by atoms with van der Waals surface area (Å²) in [6.45, 7) is 3.92. The zero-order chi connectivity index (χ0) is 18.0. The molecule has 2 N–H and O–H groups in total. The average molecular weight is 364 g/mol. The zero-order valence-electron chi connectivity index (χ0n) is 14.0. The number of hydrogen-bond donors (Lipinski definition) is 2. The van der Waals surface area contributed by atoms with Crippen molar-refractivity contribution in [3.8, 4) is 0 Å². The summed E-state index contributed by atoms with van der Waals surface area (Å²) in [5.74, 6) is 0. The van der Waals surface area contributed by atoms with Gasteiger partial charge in [-0.2, -0.15) is 9.40 Å². The first kappa shape index (κ1) is 17.4. The minimum atomic E-state index is -3.60. The van der Waals surface area contributed by atoms with Gasteiger partial charge in [-0.3, -0.25) is 5.10 Å². The highest BCUT2D eigenvalue weighted by Crippen LogP contribution is 2.25. The van der Waals surface area contributed by atoms with Crippen LogP contribution in [0.5, 0.6) is 0 Å². The van der Waals surface area contributed by atoms with E-state index in [1.807, 2.05) is 30.3 Å². The van der Waals surface area contributed by atoms with Gasteiger partial charge >= 0.3 is 6.09 Å². The number of benzene rings is 1. The number of rotatable bonds is 5. The number of nitrogens with one attached hydrogen (secondary N) is 2. The summed E-state index contributed by atoms with van der Waals surface area (Å²) in [4.78, 5) is 12.0. The van der Waals surface area contributed by atoms with Crippen molar-refractivity contribution in [1.82, 2.24) is 19.8 Å². The normalized spacial score (nSPS) is 15.6. The van der Waals surface area contributed by atoms with Crippen molar-refractivity contribution in [2.24, 2.45) is 0 Å². The molecule has 0 saturated carbocycles. The second kappa shape index (κ2) is 6.85. The average Bonchev–Trinajstić information content (AvgIpc) is 2.88. The number of sulfonamides is 1. The number of aromatic amines is 1. The SMILES string of the molecule is Cc1n[nH]c(C)c1S(=O)(=O)N1CC(NC(=O)OCc2ccccc2)C1. The number of H-pyrrole nitrogens is 1. The first-order valence-corrected chi connectivity index (χ1v) is 9.31. The van der Waals surface area contributed by atoms with Crippen LogP contribution in [0, 0.1) is 13.8 Å². The van der Waals surface area contributed by atoms with Gasteiger partial charge in [0, 0.05) is 13.1 Å². The van der Waals surface area contributed by atoms with E-state index in [1.165, 1.54) is 4.31 Å². The molecule has 1 saturated heterocycles. The Balaban J connectivity index is 1.50. The molecule has 1 fully saturated rings. The highest BCUT2D eigenvalue weighted by atomic mass is 32.2. The summed E-state index contributed by atoms with van der Waals surface area (Å²) in [6, 6.07) is 9.08. The molecule has 1 aromatic carbocycles. The molecule has 2 heterocycles. The molecule has 0 aliphatic carbocycles. The standard InChI is InChI=1S/C16H20N4O4S/c1-11-15(12(2)19-18-11)25(22,23)20-8-14(9-20)17-16(21)24-10-13-6-4-3-5-7-13/h3-7,14H,8-10H2,1-2H3,(H,17,21)(H,18,19). The summed E-state index contributed by atoms with van der Waals surface area (Å²) < 4.78 is 31.6. The largest absolute Gasteiger partial charge is 0.445 e. The molecule has 1 aliphatic heterocycles. The second-order valence-corrected chi connectivity index (χ2v) is 7.86. The lowest BCUT2D eigenvalue weighted by Gasteiger charge is -2.37. The minimum absolute atomic E-state index is 0.175. The molecule has 8 nitrogen and oxygen atoms in total. The monoisotopic (exact) mass is 364 g/mol. The fourth-order valence-electron chi connectivity index (χ4n) is 2.71. The van der Waals surface area contributed by atoms with Crippen LogP contribution in [0.4, 0.5) is 4.79 Å². The third kappa shape index (κ3) is 3.67. The molecule has 0 bridgehead atoms. The predicted molar refractivity (Wildman–Crippen MR) is 90.4 cm³/mol. The zero-order valence-corrected chi connectivity index (χ0v) is 14.8. The molecule has 2 aromatic rings. The van der Waals surface area contributed by atoms with Crippen LogP contribution in [0.1, 0.15) is 17.0 Å². The lowest BCUT2D eigenvalue weighted by molar-refractivity contribution is 0.123. The molecule has 0 radical (unpaired) electrons. The van der Waals surface area contributed by atoms with Crippen LogP contribution in [0.15, 0.2) is 35.2 Å². The second-order valence-electron chi connectivity index (χ2n) is 5.99. The van der Waals surface area contributed by atoms with Crippen LogP contribution in [-0.4, -0.2) is 48.1 Å². The Morgan fingerprint density at radius 3 is 2.60 bits per heavy atom. The van der Waals surface area contributed by atoms with E-state index in [9.17, 15) is 13.2 Å². The number of aryl methyl sites for hydroxylation is 2.